The molecular weight excluding hydrogens is 302 g/mol. The Morgan fingerprint density at radius 1 is 1.29 bits per heavy atom. The molecule has 1 aromatic heterocycles. The normalized spacial score (nSPS) is 18.8. The summed E-state index contributed by atoms with van der Waals surface area (Å²) in [5.41, 5.74) is 7.35. The molecule has 1 aliphatic rings. The molecule has 2 N–H and O–H groups in total. The molecule has 3 nitrogen and oxygen atoms in total. The van der Waals surface area contributed by atoms with E-state index in [0.29, 0.717) is 5.13 Å². The van der Waals surface area contributed by atoms with Crippen LogP contribution in [0.5, 0.6) is 0 Å². The number of thiazole rings is 1. The smallest absolute Gasteiger partial charge is 0.180 e. The maximum absolute atomic E-state index is 5.99. The van der Waals surface area contributed by atoms with Crippen LogP contribution in [0, 0.1) is 0 Å². The predicted molar refractivity (Wildman–Crippen MR) is 89.8 cm³/mol. The standard InChI is InChI=1S/C16H20ClN3S/c1-16(12-2-4-13(17)5-3-12)6-8-20(9-7-16)11-14-10-19-15(18)21-14/h2-5,10H,6-9,11H2,1H3,(H2,18,19). The van der Waals surface area contributed by atoms with E-state index in [-0.39, 0.29) is 5.41 Å². The lowest BCUT2D eigenvalue weighted by molar-refractivity contribution is 0.163. The number of halogens is 1. The molecule has 5 heteroatoms. The first-order chi connectivity index (χ1) is 10.0. The minimum atomic E-state index is 0.258. The summed E-state index contributed by atoms with van der Waals surface area (Å²) in [6.45, 7) is 5.54. The van der Waals surface area contributed by atoms with Gasteiger partial charge in [0.2, 0.25) is 0 Å². The van der Waals surface area contributed by atoms with Gasteiger partial charge in [-0.2, -0.15) is 0 Å². The van der Waals surface area contributed by atoms with Gasteiger partial charge in [0, 0.05) is 22.6 Å². The number of likely N-dealkylation sites (tertiary alicyclic amines) is 1. The fourth-order valence-electron chi connectivity index (χ4n) is 2.96. The van der Waals surface area contributed by atoms with E-state index in [9.17, 15) is 0 Å². The van der Waals surface area contributed by atoms with E-state index in [1.54, 1.807) is 11.3 Å². The van der Waals surface area contributed by atoms with Crippen LogP contribution in [0.3, 0.4) is 0 Å². The SMILES string of the molecule is CC1(c2ccc(Cl)cc2)CCN(Cc2cnc(N)s2)CC1. The van der Waals surface area contributed by atoms with Crippen LogP contribution in [-0.2, 0) is 12.0 Å². The van der Waals surface area contributed by atoms with Crippen LogP contribution in [0.1, 0.15) is 30.2 Å². The predicted octanol–water partition coefficient (Wildman–Crippen LogP) is 3.93. The van der Waals surface area contributed by atoms with Crippen molar-refractivity contribution < 1.29 is 0 Å². The molecule has 3 rings (SSSR count). The minimum Gasteiger partial charge on any atom is -0.375 e. The molecule has 2 aromatic rings. The van der Waals surface area contributed by atoms with Gasteiger partial charge in [-0.1, -0.05) is 30.7 Å². The van der Waals surface area contributed by atoms with Gasteiger partial charge in [-0.25, -0.2) is 4.98 Å². The molecule has 112 valence electrons. The van der Waals surface area contributed by atoms with E-state index in [1.807, 2.05) is 18.3 Å². The zero-order chi connectivity index (χ0) is 14.9. The Hall–Kier alpha value is -1.10. The van der Waals surface area contributed by atoms with Gasteiger partial charge in [0.1, 0.15) is 0 Å². The Kier molecular flexibility index (Phi) is 4.20. The zero-order valence-corrected chi connectivity index (χ0v) is 13.8. The van der Waals surface area contributed by atoms with E-state index >= 15 is 0 Å². The molecule has 1 aliphatic heterocycles. The van der Waals surface area contributed by atoms with E-state index < -0.39 is 0 Å². The van der Waals surface area contributed by atoms with Gasteiger partial charge in [-0.15, -0.1) is 11.3 Å². The lowest BCUT2D eigenvalue weighted by atomic mass is 9.74. The summed E-state index contributed by atoms with van der Waals surface area (Å²) in [6, 6.07) is 8.33. The Morgan fingerprint density at radius 3 is 2.52 bits per heavy atom. The number of anilines is 1. The second-order valence-electron chi connectivity index (χ2n) is 6.01. The summed E-state index contributed by atoms with van der Waals surface area (Å²) < 4.78 is 0. The number of rotatable bonds is 3. The lowest BCUT2D eigenvalue weighted by Crippen LogP contribution is -2.40. The van der Waals surface area contributed by atoms with Gasteiger partial charge in [0.15, 0.2) is 5.13 Å². The lowest BCUT2D eigenvalue weighted by Gasteiger charge is -2.39. The topological polar surface area (TPSA) is 42.2 Å². The van der Waals surface area contributed by atoms with Crippen LogP contribution in [0.2, 0.25) is 5.02 Å². The Morgan fingerprint density at radius 2 is 1.95 bits per heavy atom. The highest BCUT2D eigenvalue weighted by atomic mass is 35.5. The average Bonchev–Trinajstić information content (AvgIpc) is 2.88. The monoisotopic (exact) mass is 321 g/mol. The maximum atomic E-state index is 5.99. The van der Waals surface area contributed by atoms with E-state index in [1.165, 1.54) is 23.3 Å². The number of nitrogens with zero attached hydrogens (tertiary/aromatic N) is 2. The Bertz CT molecular complexity index is 600. The highest BCUT2D eigenvalue weighted by Gasteiger charge is 2.31. The van der Waals surface area contributed by atoms with Gasteiger partial charge in [-0.3, -0.25) is 4.90 Å². The molecule has 0 spiro atoms. The molecule has 1 fully saturated rings. The number of nitrogens with two attached hydrogens (primary N) is 1. The van der Waals surface area contributed by atoms with Crippen molar-refractivity contribution >= 4 is 28.1 Å². The third-order valence-electron chi connectivity index (χ3n) is 4.45. The van der Waals surface area contributed by atoms with Crippen molar-refractivity contribution in [3.63, 3.8) is 0 Å². The number of nitrogen functional groups attached to an aromatic ring is 1. The van der Waals surface area contributed by atoms with Gasteiger partial charge in [-0.05, 0) is 49.0 Å². The summed E-state index contributed by atoms with van der Waals surface area (Å²) in [5, 5.41) is 1.47. The first kappa shape index (κ1) is 14.8. The first-order valence-electron chi connectivity index (χ1n) is 7.24. The number of piperidine rings is 1. The third kappa shape index (κ3) is 3.39. The van der Waals surface area contributed by atoms with Crippen molar-refractivity contribution in [3.05, 3.63) is 45.9 Å². The van der Waals surface area contributed by atoms with Crippen molar-refractivity contribution in [2.45, 2.75) is 31.7 Å². The summed E-state index contributed by atoms with van der Waals surface area (Å²) in [4.78, 5) is 7.87. The molecular formula is C16H20ClN3S. The van der Waals surface area contributed by atoms with E-state index in [2.05, 4.69) is 28.9 Å². The highest BCUT2D eigenvalue weighted by Crippen LogP contribution is 2.36. The van der Waals surface area contributed by atoms with Gasteiger partial charge in [0.05, 0.1) is 0 Å². The Balaban J connectivity index is 1.62. The third-order valence-corrected chi connectivity index (χ3v) is 5.51. The van der Waals surface area contributed by atoms with Crippen LogP contribution in [-0.4, -0.2) is 23.0 Å². The Labute approximate surface area is 134 Å². The summed E-state index contributed by atoms with van der Waals surface area (Å²) in [6.07, 6.45) is 4.23. The van der Waals surface area contributed by atoms with Gasteiger partial charge in [0.25, 0.3) is 0 Å². The fourth-order valence-corrected chi connectivity index (χ4v) is 3.81. The molecule has 0 saturated carbocycles. The number of hydrogen-bond donors (Lipinski definition) is 1. The average molecular weight is 322 g/mol. The van der Waals surface area contributed by atoms with Crippen molar-refractivity contribution in [2.24, 2.45) is 0 Å². The molecule has 0 radical (unpaired) electrons. The summed E-state index contributed by atoms with van der Waals surface area (Å²) >= 11 is 7.58. The number of aromatic nitrogens is 1. The molecule has 0 bridgehead atoms. The van der Waals surface area contributed by atoms with Crippen LogP contribution in [0.25, 0.3) is 0 Å². The zero-order valence-electron chi connectivity index (χ0n) is 12.2. The van der Waals surface area contributed by atoms with Crippen molar-refractivity contribution in [1.29, 1.82) is 0 Å². The van der Waals surface area contributed by atoms with E-state index in [0.717, 1.165) is 24.7 Å². The largest absolute Gasteiger partial charge is 0.375 e. The molecule has 0 amide bonds. The second-order valence-corrected chi connectivity index (χ2v) is 7.59. The molecule has 1 saturated heterocycles. The van der Waals surface area contributed by atoms with Crippen LogP contribution in [0.4, 0.5) is 5.13 Å². The number of hydrogen-bond acceptors (Lipinski definition) is 4. The molecule has 0 atom stereocenters. The summed E-state index contributed by atoms with van der Waals surface area (Å²) in [7, 11) is 0. The molecule has 21 heavy (non-hydrogen) atoms. The van der Waals surface area contributed by atoms with Crippen molar-refractivity contribution in [3.8, 4) is 0 Å². The second kappa shape index (κ2) is 5.95. The highest BCUT2D eigenvalue weighted by molar-refractivity contribution is 7.15. The molecule has 0 unspecified atom stereocenters. The van der Waals surface area contributed by atoms with Crippen LogP contribution < -0.4 is 5.73 Å². The van der Waals surface area contributed by atoms with Crippen molar-refractivity contribution in [1.82, 2.24) is 9.88 Å². The molecule has 2 heterocycles. The van der Waals surface area contributed by atoms with Gasteiger partial charge < -0.3 is 5.73 Å². The number of benzene rings is 1. The molecule has 1 aromatic carbocycles. The minimum absolute atomic E-state index is 0.258. The quantitative estimate of drug-likeness (QED) is 0.931. The van der Waals surface area contributed by atoms with Crippen LogP contribution >= 0.6 is 22.9 Å². The van der Waals surface area contributed by atoms with Gasteiger partial charge >= 0.3 is 0 Å². The van der Waals surface area contributed by atoms with Crippen molar-refractivity contribution in [2.75, 3.05) is 18.8 Å². The maximum Gasteiger partial charge on any atom is 0.180 e. The molecule has 0 aliphatic carbocycles. The van der Waals surface area contributed by atoms with Crippen LogP contribution in [0.15, 0.2) is 30.5 Å². The first-order valence-corrected chi connectivity index (χ1v) is 8.43. The fraction of sp³-hybridized carbons (Fsp3) is 0.438. The summed E-state index contributed by atoms with van der Waals surface area (Å²) in [5.74, 6) is 0. The van der Waals surface area contributed by atoms with E-state index in [4.69, 9.17) is 17.3 Å².